The largest absolute Gasteiger partial charge is 0.285 e. The number of rotatable bonds is 19. The summed E-state index contributed by atoms with van der Waals surface area (Å²) in [5, 5.41) is -0.556. The third-order valence-corrected chi connectivity index (χ3v) is 6.67. The first-order chi connectivity index (χ1) is 12.0. The predicted molar refractivity (Wildman–Crippen MR) is 110 cm³/mol. The minimum atomic E-state index is -3.84. The van der Waals surface area contributed by atoms with E-state index in [1.165, 1.54) is 89.9 Å². The van der Waals surface area contributed by atoms with E-state index >= 15 is 0 Å². The van der Waals surface area contributed by atoms with Crippen molar-refractivity contribution in [2.24, 2.45) is 0 Å². The van der Waals surface area contributed by atoms with Crippen LogP contribution in [0.3, 0.4) is 0 Å². The first-order valence-electron chi connectivity index (χ1n) is 11.0. The lowest BCUT2D eigenvalue weighted by atomic mass is 10.0. The average Bonchev–Trinajstić information content (AvgIpc) is 2.56. The zero-order valence-corrected chi connectivity index (χ0v) is 17.8. The Hall–Kier alpha value is -0.0900. The Morgan fingerprint density at radius 2 is 0.920 bits per heavy atom. The minimum absolute atomic E-state index is 0.511. The van der Waals surface area contributed by atoms with Crippen molar-refractivity contribution in [3.05, 3.63) is 0 Å². The van der Waals surface area contributed by atoms with Crippen molar-refractivity contribution in [1.82, 2.24) is 0 Å². The molecule has 0 heterocycles. The van der Waals surface area contributed by atoms with Gasteiger partial charge in [0.05, 0.1) is 5.25 Å². The summed E-state index contributed by atoms with van der Waals surface area (Å²) in [4.78, 5) is 0. The van der Waals surface area contributed by atoms with Gasteiger partial charge >= 0.3 is 0 Å². The number of hydrogen-bond acceptors (Lipinski definition) is 2. The first kappa shape index (κ1) is 24.9. The van der Waals surface area contributed by atoms with Crippen LogP contribution >= 0.6 is 0 Å². The van der Waals surface area contributed by atoms with E-state index in [0.717, 1.165) is 12.8 Å². The van der Waals surface area contributed by atoms with Gasteiger partial charge in [-0.1, -0.05) is 117 Å². The van der Waals surface area contributed by atoms with E-state index in [1.54, 1.807) is 0 Å². The van der Waals surface area contributed by atoms with E-state index < -0.39 is 15.4 Å². The van der Waals surface area contributed by atoms with Crippen LogP contribution in [0.25, 0.3) is 0 Å². The van der Waals surface area contributed by atoms with Crippen molar-refractivity contribution >= 4 is 10.1 Å². The predicted octanol–water partition coefficient (Wildman–Crippen LogP) is 7.30. The van der Waals surface area contributed by atoms with Gasteiger partial charge in [0, 0.05) is 0 Å². The average molecular weight is 377 g/mol. The van der Waals surface area contributed by atoms with Crippen LogP contribution in [0.15, 0.2) is 0 Å². The summed E-state index contributed by atoms with van der Waals surface area (Å²) < 4.78 is 31.3. The molecule has 0 aliphatic heterocycles. The van der Waals surface area contributed by atoms with Crippen LogP contribution < -0.4 is 0 Å². The Balaban J connectivity index is 3.21. The lowest BCUT2D eigenvalue weighted by Crippen LogP contribution is -2.19. The molecule has 0 rings (SSSR count). The third-order valence-electron chi connectivity index (χ3n) is 5.26. The van der Waals surface area contributed by atoms with E-state index in [2.05, 4.69) is 6.92 Å². The summed E-state index contributed by atoms with van der Waals surface area (Å²) in [6, 6.07) is 0. The summed E-state index contributed by atoms with van der Waals surface area (Å²) in [6.07, 6.45) is 22.3. The molecule has 0 bridgehead atoms. The molecule has 0 radical (unpaired) electrons. The summed E-state index contributed by atoms with van der Waals surface area (Å²) in [5.74, 6) is 0. The first-order valence-corrected chi connectivity index (χ1v) is 12.5. The second-order valence-corrected chi connectivity index (χ2v) is 9.33. The summed E-state index contributed by atoms with van der Waals surface area (Å²) in [5.41, 5.74) is 0. The Morgan fingerprint density at radius 3 is 1.20 bits per heavy atom. The number of unbranched alkanes of at least 4 members (excludes halogenated alkanes) is 15. The van der Waals surface area contributed by atoms with E-state index in [4.69, 9.17) is 4.55 Å². The number of hydrogen-bond donors (Lipinski definition) is 1. The zero-order valence-electron chi connectivity index (χ0n) is 17.0. The Morgan fingerprint density at radius 1 is 0.600 bits per heavy atom. The van der Waals surface area contributed by atoms with Crippen LogP contribution in [0.5, 0.6) is 0 Å². The van der Waals surface area contributed by atoms with Crippen LogP contribution in [-0.2, 0) is 10.1 Å². The molecule has 0 aromatic carbocycles. The van der Waals surface area contributed by atoms with Crippen LogP contribution in [0.1, 0.15) is 129 Å². The topological polar surface area (TPSA) is 54.4 Å². The highest BCUT2D eigenvalue weighted by Crippen LogP contribution is 2.16. The van der Waals surface area contributed by atoms with Gasteiger partial charge in [-0.05, 0) is 12.8 Å². The van der Waals surface area contributed by atoms with Crippen molar-refractivity contribution in [3.8, 4) is 0 Å². The van der Waals surface area contributed by atoms with Gasteiger partial charge in [0.2, 0.25) is 0 Å². The second kappa shape index (κ2) is 17.3. The molecule has 1 unspecified atom stereocenters. The highest BCUT2D eigenvalue weighted by molar-refractivity contribution is 7.86. The van der Waals surface area contributed by atoms with Crippen molar-refractivity contribution < 1.29 is 13.0 Å². The van der Waals surface area contributed by atoms with Crippen LogP contribution in [-0.4, -0.2) is 18.2 Å². The van der Waals surface area contributed by atoms with Crippen LogP contribution in [0, 0.1) is 0 Å². The molecule has 4 heteroatoms. The van der Waals surface area contributed by atoms with Gasteiger partial charge in [0.15, 0.2) is 0 Å². The van der Waals surface area contributed by atoms with Crippen molar-refractivity contribution in [3.63, 3.8) is 0 Å². The Kier molecular flexibility index (Phi) is 17.3. The summed E-state index contributed by atoms with van der Waals surface area (Å²) in [7, 11) is -3.84. The Bertz CT molecular complexity index is 365. The Labute approximate surface area is 158 Å². The smallest absolute Gasteiger partial charge is 0.267 e. The SMILES string of the molecule is CCCCCCCCCCCCCCCCCCC(CC)S(=O)(=O)O. The van der Waals surface area contributed by atoms with Crippen molar-refractivity contribution in [2.75, 3.05) is 0 Å². The van der Waals surface area contributed by atoms with E-state index in [9.17, 15) is 8.42 Å². The molecule has 25 heavy (non-hydrogen) atoms. The highest BCUT2D eigenvalue weighted by atomic mass is 32.2. The maximum atomic E-state index is 11.1. The lowest BCUT2D eigenvalue weighted by molar-refractivity contribution is 0.452. The molecule has 1 N–H and O–H groups in total. The van der Waals surface area contributed by atoms with Crippen molar-refractivity contribution in [1.29, 1.82) is 0 Å². The highest BCUT2D eigenvalue weighted by Gasteiger charge is 2.19. The molecule has 0 fully saturated rings. The van der Waals surface area contributed by atoms with Gasteiger partial charge in [-0.25, -0.2) is 0 Å². The second-order valence-electron chi connectivity index (χ2n) is 7.64. The molecular weight excluding hydrogens is 332 g/mol. The quantitative estimate of drug-likeness (QED) is 0.190. The minimum Gasteiger partial charge on any atom is -0.285 e. The molecule has 0 aromatic heterocycles. The van der Waals surface area contributed by atoms with Gasteiger partial charge in [0.1, 0.15) is 0 Å². The third kappa shape index (κ3) is 17.1. The van der Waals surface area contributed by atoms with E-state index in [1.807, 2.05) is 6.92 Å². The van der Waals surface area contributed by atoms with Gasteiger partial charge < -0.3 is 0 Å². The maximum Gasteiger partial charge on any atom is 0.267 e. The van der Waals surface area contributed by atoms with Gasteiger partial charge in [-0.2, -0.15) is 8.42 Å². The summed E-state index contributed by atoms with van der Waals surface area (Å²) in [6.45, 7) is 4.09. The molecule has 0 saturated carbocycles. The maximum absolute atomic E-state index is 11.1. The summed E-state index contributed by atoms with van der Waals surface area (Å²) >= 11 is 0. The molecular formula is C21H44O3S. The fourth-order valence-corrected chi connectivity index (χ4v) is 4.37. The molecule has 0 amide bonds. The van der Waals surface area contributed by atoms with E-state index in [-0.39, 0.29) is 0 Å². The van der Waals surface area contributed by atoms with Gasteiger partial charge in [0.25, 0.3) is 10.1 Å². The van der Waals surface area contributed by atoms with E-state index in [0.29, 0.717) is 12.8 Å². The fraction of sp³-hybridized carbons (Fsp3) is 1.00. The molecule has 3 nitrogen and oxygen atoms in total. The molecule has 0 aliphatic rings. The van der Waals surface area contributed by atoms with Gasteiger partial charge in [-0.15, -0.1) is 0 Å². The van der Waals surface area contributed by atoms with Crippen LogP contribution in [0.4, 0.5) is 0 Å². The zero-order chi connectivity index (χ0) is 18.8. The van der Waals surface area contributed by atoms with Crippen molar-refractivity contribution in [2.45, 2.75) is 135 Å². The lowest BCUT2D eigenvalue weighted by Gasteiger charge is -2.10. The molecule has 0 aromatic rings. The van der Waals surface area contributed by atoms with Crippen LogP contribution in [0.2, 0.25) is 0 Å². The molecule has 152 valence electrons. The molecule has 1 atom stereocenters. The molecule has 0 saturated heterocycles. The normalized spacial score (nSPS) is 13.2. The molecule has 0 spiro atoms. The monoisotopic (exact) mass is 376 g/mol. The fourth-order valence-electron chi connectivity index (χ4n) is 3.48. The molecule has 0 aliphatic carbocycles. The standard InChI is InChI=1S/C21H44O3S/c1-3-5-6-7-8-9-10-11-12-13-14-15-16-17-18-19-20-21(4-2)25(22,23)24/h21H,3-20H2,1-2H3,(H,22,23,24). The van der Waals surface area contributed by atoms with Gasteiger partial charge in [-0.3, -0.25) is 4.55 Å².